The summed E-state index contributed by atoms with van der Waals surface area (Å²) in [5.41, 5.74) is -0.489. The van der Waals surface area contributed by atoms with Crippen LogP contribution in [0.4, 0.5) is 9.18 Å². The van der Waals surface area contributed by atoms with E-state index in [2.05, 4.69) is 0 Å². The van der Waals surface area contributed by atoms with E-state index in [0.717, 1.165) is 4.90 Å². The predicted molar refractivity (Wildman–Crippen MR) is 93.9 cm³/mol. The molecule has 2 heterocycles. The second-order valence-corrected chi connectivity index (χ2v) is 7.74. The number of amides is 3. The number of ether oxygens (including phenoxy) is 1. The highest BCUT2D eigenvalue weighted by atomic mass is 19.1. The van der Waals surface area contributed by atoms with Crippen LogP contribution in [0.3, 0.4) is 0 Å². The molecule has 1 aromatic rings. The molecule has 1 aromatic carbocycles. The van der Waals surface area contributed by atoms with Gasteiger partial charge in [0.15, 0.2) is 0 Å². The van der Waals surface area contributed by atoms with Gasteiger partial charge in [-0.1, -0.05) is 17.2 Å². The van der Waals surface area contributed by atoms with E-state index in [1.165, 1.54) is 12.1 Å². The number of hydrogen-bond donors (Lipinski definition) is 0. The van der Waals surface area contributed by atoms with Crippen molar-refractivity contribution in [2.24, 2.45) is 0 Å². The molecule has 2 atom stereocenters. The van der Waals surface area contributed by atoms with Crippen molar-refractivity contribution in [3.8, 4) is 0 Å². The molecule has 0 unspecified atom stereocenters. The number of hydrogen-bond acceptors (Lipinski definition) is 6. The molecule has 8 nitrogen and oxygen atoms in total. The van der Waals surface area contributed by atoms with Gasteiger partial charge in [0.2, 0.25) is 0 Å². The fourth-order valence-corrected chi connectivity index (χ4v) is 3.18. The van der Waals surface area contributed by atoms with E-state index in [9.17, 15) is 23.6 Å². The van der Waals surface area contributed by atoms with E-state index >= 15 is 0 Å². The van der Waals surface area contributed by atoms with Crippen LogP contribution in [-0.4, -0.2) is 58.2 Å². The van der Waals surface area contributed by atoms with Gasteiger partial charge in [-0.25, -0.2) is 14.0 Å². The Morgan fingerprint density at radius 2 is 1.71 bits per heavy atom. The molecule has 0 N–H and O–H groups in total. The van der Waals surface area contributed by atoms with Crippen molar-refractivity contribution >= 4 is 23.9 Å². The summed E-state index contributed by atoms with van der Waals surface area (Å²) in [5.74, 6) is -2.40. The fourth-order valence-electron chi connectivity index (χ4n) is 3.18. The van der Waals surface area contributed by atoms with Crippen LogP contribution in [0.25, 0.3) is 0 Å². The molecule has 2 aliphatic heterocycles. The van der Waals surface area contributed by atoms with Gasteiger partial charge in [-0.05, 0) is 32.9 Å². The summed E-state index contributed by atoms with van der Waals surface area (Å²) in [6.45, 7) is 4.85. The molecule has 3 rings (SSSR count). The Hall–Kier alpha value is -2.97. The monoisotopic (exact) mass is 392 g/mol. The van der Waals surface area contributed by atoms with E-state index in [4.69, 9.17) is 9.57 Å². The average molecular weight is 392 g/mol. The third-order valence-electron chi connectivity index (χ3n) is 4.34. The van der Waals surface area contributed by atoms with E-state index in [-0.39, 0.29) is 30.5 Å². The number of carbonyl (C=O) groups is 4. The van der Waals surface area contributed by atoms with Gasteiger partial charge >= 0.3 is 12.1 Å². The van der Waals surface area contributed by atoms with Gasteiger partial charge in [0.05, 0.1) is 24.1 Å². The number of imide groups is 1. The minimum atomic E-state index is -1.30. The summed E-state index contributed by atoms with van der Waals surface area (Å²) >= 11 is 0. The van der Waals surface area contributed by atoms with Crippen molar-refractivity contribution in [3.05, 3.63) is 35.4 Å². The van der Waals surface area contributed by atoms with Crippen LogP contribution >= 0.6 is 0 Å². The average Bonchev–Trinajstić information content (AvgIpc) is 3.07. The number of nitrogens with zero attached hydrogens (tertiary/aromatic N) is 2. The van der Waals surface area contributed by atoms with Crippen molar-refractivity contribution in [1.82, 2.24) is 9.96 Å². The normalized spacial score (nSPS) is 21.7. The number of alkyl halides is 1. The van der Waals surface area contributed by atoms with Crippen LogP contribution in [0, 0.1) is 0 Å². The third-order valence-corrected chi connectivity index (χ3v) is 4.34. The molecule has 1 fully saturated rings. The van der Waals surface area contributed by atoms with Gasteiger partial charge in [-0.15, -0.1) is 0 Å². The lowest BCUT2D eigenvalue weighted by Gasteiger charge is -2.28. The Morgan fingerprint density at radius 3 is 2.25 bits per heavy atom. The van der Waals surface area contributed by atoms with Gasteiger partial charge in [-0.3, -0.25) is 9.59 Å². The molecule has 0 saturated carbocycles. The van der Waals surface area contributed by atoms with Crippen molar-refractivity contribution in [3.63, 3.8) is 0 Å². The van der Waals surface area contributed by atoms with Crippen LogP contribution in [0.5, 0.6) is 0 Å². The summed E-state index contributed by atoms with van der Waals surface area (Å²) in [7, 11) is 0. The molecular weight excluding hydrogens is 371 g/mol. The lowest BCUT2D eigenvalue weighted by molar-refractivity contribution is -0.169. The zero-order valence-corrected chi connectivity index (χ0v) is 15.8. The predicted octanol–water partition coefficient (Wildman–Crippen LogP) is 2.48. The highest BCUT2D eigenvalue weighted by Gasteiger charge is 2.42. The molecular formula is C19H21FN2O6. The molecule has 0 aromatic heterocycles. The zero-order chi connectivity index (χ0) is 20.6. The van der Waals surface area contributed by atoms with Crippen LogP contribution < -0.4 is 0 Å². The summed E-state index contributed by atoms with van der Waals surface area (Å²) in [4.78, 5) is 55.1. The van der Waals surface area contributed by atoms with E-state index in [1.54, 1.807) is 32.9 Å². The van der Waals surface area contributed by atoms with Gasteiger partial charge in [0.1, 0.15) is 11.8 Å². The Bertz CT molecular complexity index is 799. The molecule has 0 aliphatic carbocycles. The van der Waals surface area contributed by atoms with Crippen molar-refractivity contribution in [1.29, 1.82) is 0 Å². The molecule has 3 amide bonds. The molecule has 2 aliphatic rings. The Kier molecular flexibility index (Phi) is 5.10. The summed E-state index contributed by atoms with van der Waals surface area (Å²) in [6.07, 6.45) is -2.46. The number of benzene rings is 1. The summed E-state index contributed by atoms with van der Waals surface area (Å²) in [5, 5.41) is 0.396. The molecule has 0 spiro atoms. The molecule has 1 saturated heterocycles. The van der Waals surface area contributed by atoms with Gasteiger partial charge in [0, 0.05) is 12.5 Å². The molecule has 0 bridgehead atoms. The van der Waals surface area contributed by atoms with Crippen LogP contribution in [-0.2, 0) is 14.4 Å². The maximum atomic E-state index is 13.9. The highest BCUT2D eigenvalue weighted by molar-refractivity contribution is 6.20. The van der Waals surface area contributed by atoms with E-state index in [0.29, 0.717) is 5.06 Å². The first-order chi connectivity index (χ1) is 13.1. The molecule has 9 heteroatoms. The first-order valence-corrected chi connectivity index (χ1v) is 8.89. The third kappa shape index (κ3) is 3.97. The SMILES string of the molecule is CC(C)(C)OC(=O)N1C[C@H](F)C[C@H]1CC(=O)ON1C(=O)c2ccccc2C1=O. The quantitative estimate of drug-likeness (QED) is 0.734. The number of halogens is 1. The molecule has 150 valence electrons. The first kappa shape index (κ1) is 19.8. The van der Waals surface area contributed by atoms with Crippen molar-refractivity contribution < 1.29 is 33.1 Å². The van der Waals surface area contributed by atoms with Gasteiger partial charge in [0.25, 0.3) is 11.8 Å². The minimum absolute atomic E-state index is 0.0591. The first-order valence-electron chi connectivity index (χ1n) is 8.89. The Balaban J connectivity index is 1.65. The smallest absolute Gasteiger partial charge is 0.410 e. The topological polar surface area (TPSA) is 93.2 Å². The van der Waals surface area contributed by atoms with Crippen LogP contribution in [0.2, 0.25) is 0 Å². The summed E-state index contributed by atoms with van der Waals surface area (Å²) < 4.78 is 19.1. The number of carbonyl (C=O) groups excluding carboxylic acids is 4. The van der Waals surface area contributed by atoms with Crippen molar-refractivity contribution in [2.45, 2.75) is 51.4 Å². The van der Waals surface area contributed by atoms with E-state index in [1.807, 2.05) is 0 Å². The van der Waals surface area contributed by atoms with Gasteiger partial charge < -0.3 is 14.5 Å². The van der Waals surface area contributed by atoms with Crippen LogP contribution in [0.1, 0.15) is 54.3 Å². The lowest BCUT2D eigenvalue weighted by Crippen LogP contribution is -2.42. The minimum Gasteiger partial charge on any atom is -0.444 e. The maximum absolute atomic E-state index is 13.9. The summed E-state index contributed by atoms with van der Waals surface area (Å²) in [6, 6.07) is 5.31. The molecule has 0 radical (unpaired) electrons. The zero-order valence-electron chi connectivity index (χ0n) is 15.8. The maximum Gasteiger partial charge on any atom is 0.410 e. The Labute approximate surface area is 161 Å². The fraction of sp³-hybridized carbons (Fsp3) is 0.474. The number of hydroxylamine groups is 2. The number of fused-ring (bicyclic) bond motifs is 1. The largest absolute Gasteiger partial charge is 0.444 e. The standard InChI is InChI=1S/C19H21FN2O6/c1-19(2,3)27-18(26)21-10-11(20)8-12(21)9-15(23)28-22-16(24)13-6-4-5-7-14(13)17(22)25/h4-7,11-12H,8-10H2,1-3H3/t11-,12+/m1/s1. The van der Waals surface area contributed by atoms with Gasteiger partial charge in [-0.2, -0.15) is 0 Å². The second kappa shape index (κ2) is 7.21. The van der Waals surface area contributed by atoms with Crippen molar-refractivity contribution in [2.75, 3.05) is 6.54 Å². The van der Waals surface area contributed by atoms with Crippen LogP contribution in [0.15, 0.2) is 24.3 Å². The number of likely N-dealkylation sites (tertiary alicyclic amines) is 1. The Morgan fingerprint density at radius 1 is 1.14 bits per heavy atom. The second-order valence-electron chi connectivity index (χ2n) is 7.74. The number of rotatable bonds is 3. The lowest BCUT2D eigenvalue weighted by atomic mass is 10.1. The molecule has 28 heavy (non-hydrogen) atoms. The van der Waals surface area contributed by atoms with E-state index < -0.39 is 41.7 Å². The highest BCUT2D eigenvalue weighted by Crippen LogP contribution is 2.27.